The van der Waals surface area contributed by atoms with Crippen molar-refractivity contribution in [1.82, 2.24) is 0 Å². The lowest BCUT2D eigenvalue weighted by molar-refractivity contribution is 0.112. The largest absolute Gasteiger partial charge is 0.298 e. The van der Waals surface area contributed by atoms with E-state index in [1.54, 1.807) is 0 Å². The third kappa shape index (κ3) is 3.15. The van der Waals surface area contributed by atoms with Crippen LogP contribution in [0.5, 0.6) is 0 Å². The first-order valence-corrected chi connectivity index (χ1v) is 5.58. The summed E-state index contributed by atoms with van der Waals surface area (Å²) in [6.07, 6.45) is 4.97. The first-order chi connectivity index (χ1) is 8.28. The van der Waals surface area contributed by atoms with Crippen molar-refractivity contribution in [1.29, 1.82) is 0 Å². The fourth-order valence-electron chi connectivity index (χ4n) is 1.65. The number of aldehydes is 1. The van der Waals surface area contributed by atoms with Crippen LogP contribution in [0.3, 0.4) is 0 Å². The van der Waals surface area contributed by atoms with Gasteiger partial charge in [-0.3, -0.25) is 4.79 Å². The van der Waals surface area contributed by atoms with Gasteiger partial charge in [-0.1, -0.05) is 66.2 Å². The molecule has 0 amide bonds. The monoisotopic (exact) mass is 222 g/mol. The molecule has 2 aromatic carbocycles. The van der Waals surface area contributed by atoms with Crippen molar-refractivity contribution in [3.8, 4) is 0 Å². The van der Waals surface area contributed by atoms with Crippen LogP contribution in [0.25, 0.3) is 12.2 Å². The summed E-state index contributed by atoms with van der Waals surface area (Å²) < 4.78 is 0. The Morgan fingerprint density at radius 1 is 0.824 bits per heavy atom. The van der Waals surface area contributed by atoms with Crippen LogP contribution in [0.15, 0.2) is 48.5 Å². The third-order valence-corrected chi connectivity index (χ3v) is 2.58. The fraction of sp³-hybridized carbons (Fsp3) is 0.0625. The van der Waals surface area contributed by atoms with Gasteiger partial charge in [-0.2, -0.15) is 0 Å². The molecule has 0 spiro atoms. The van der Waals surface area contributed by atoms with E-state index in [-0.39, 0.29) is 0 Å². The lowest BCUT2D eigenvalue weighted by Gasteiger charge is -1.96. The summed E-state index contributed by atoms with van der Waals surface area (Å²) in [5, 5.41) is 0. The van der Waals surface area contributed by atoms with Gasteiger partial charge in [-0.25, -0.2) is 0 Å². The SMILES string of the molecule is Cc1cccc(/C=C/c2ccc(C=O)cc2)c1. The molecule has 0 aliphatic heterocycles. The second-order valence-electron chi connectivity index (χ2n) is 4.03. The molecule has 0 atom stereocenters. The van der Waals surface area contributed by atoms with Crippen LogP contribution in [-0.4, -0.2) is 6.29 Å². The molecule has 2 rings (SSSR count). The Balaban J connectivity index is 2.17. The summed E-state index contributed by atoms with van der Waals surface area (Å²) in [5.74, 6) is 0. The average Bonchev–Trinajstić information content (AvgIpc) is 2.37. The maximum atomic E-state index is 10.5. The minimum Gasteiger partial charge on any atom is -0.298 e. The van der Waals surface area contributed by atoms with E-state index < -0.39 is 0 Å². The molecule has 0 bridgehead atoms. The molecule has 84 valence electrons. The Hall–Kier alpha value is -2.15. The van der Waals surface area contributed by atoms with Crippen molar-refractivity contribution in [2.24, 2.45) is 0 Å². The summed E-state index contributed by atoms with van der Waals surface area (Å²) in [7, 11) is 0. The van der Waals surface area contributed by atoms with Crippen molar-refractivity contribution < 1.29 is 4.79 Å². The topological polar surface area (TPSA) is 17.1 Å². The Bertz CT molecular complexity index is 536. The number of aryl methyl sites for hydroxylation is 1. The zero-order chi connectivity index (χ0) is 12.1. The summed E-state index contributed by atoms with van der Waals surface area (Å²) in [6, 6.07) is 15.9. The third-order valence-electron chi connectivity index (χ3n) is 2.58. The van der Waals surface area contributed by atoms with Crippen molar-refractivity contribution in [2.75, 3.05) is 0 Å². The van der Waals surface area contributed by atoms with Gasteiger partial charge in [0.25, 0.3) is 0 Å². The van der Waals surface area contributed by atoms with Crippen molar-refractivity contribution in [3.63, 3.8) is 0 Å². The molecule has 17 heavy (non-hydrogen) atoms. The standard InChI is InChI=1S/C16H14O/c1-13-3-2-4-15(11-13)8-5-14-6-9-16(12-17)10-7-14/h2-12H,1H3/b8-5+. The first kappa shape index (κ1) is 11.3. The highest BCUT2D eigenvalue weighted by molar-refractivity contribution is 5.76. The van der Waals surface area contributed by atoms with E-state index >= 15 is 0 Å². The lowest BCUT2D eigenvalue weighted by Crippen LogP contribution is -1.79. The van der Waals surface area contributed by atoms with Gasteiger partial charge in [-0.15, -0.1) is 0 Å². The second-order valence-corrected chi connectivity index (χ2v) is 4.03. The predicted octanol–water partition coefficient (Wildman–Crippen LogP) is 3.98. The molecule has 0 heterocycles. The van der Waals surface area contributed by atoms with Crippen molar-refractivity contribution in [3.05, 3.63) is 70.8 Å². The Morgan fingerprint density at radius 3 is 2.12 bits per heavy atom. The number of hydrogen-bond donors (Lipinski definition) is 0. The van der Waals surface area contributed by atoms with Crippen LogP contribution in [0.4, 0.5) is 0 Å². The highest BCUT2D eigenvalue weighted by Crippen LogP contribution is 2.10. The quantitative estimate of drug-likeness (QED) is 0.567. The molecule has 1 heteroatoms. The van der Waals surface area contributed by atoms with Gasteiger partial charge in [0, 0.05) is 5.56 Å². The molecule has 0 saturated heterocycles. The van der Waals surface area contributed by atoms with E-state index in [4.69, 9.17) is 0 Å². The van der Waals surface area contributed by atoms with Crippen LogP contribution in [0.2, 0.25) is 0 Å². The normalized spacial score (nSPS) is 10.6. The fourth-order valence-corrected chi connectivity index (χ4v) is 1.65. The number of rotatable bonds is 3. The number of hydrogen-bond acceptors (Lipinski definition) is 1. The Kier molecular flexibility index (Phi) is 3.51. The van der Waals surface area contributed by atoms with E-state index in [1.165, 1.54) is 11.1 Å². The molecule has 0 N–H and O–H groups in total. The van der Waals surface area contributed by atoms with Crippen LogP contribution < -0.4 is 0 Å². The summed E-state index contributed by atoms with van der Waals surface area (Å²) >= 11 is 0. The zero-order valence-electron chi connectivity index (χ0n) is 9.76. The van der Waals surface area contributed by atoms with E-state index in [0.717, 1.165) is 11.8 Å². The molecule has 0 aliphatic carbocycles. The van der Waals surface area contributed by atoms with Gasteiger partial charge in [0.05, 0.1) is 0 Å². The van der Waals surface area contributed by atoms with Crippen LogP contribution >= 0.6 is 0 Å². The molecule has 0 radical (unpaired) electrons. The van der Waals surface area contributed by atoms with Crippen molar-refractivity contribution >= 4 is 18.4 Å². The maximum absolute atomic E-state index is 10.5. The minimum absolute atomic E-state index is 0.706. The molecular weight excluding hydrogens is 208 g/mol. The van der Waals surface area contributed by atoms with Gasteiger partial charge < -0.3 is 0 Å². The van der Waals surface area contributed by atoms with Crippen LogP contribution in [0.1, 0.15) is 27.0 Å². The number of carbonyl (C=O) groups excluding carboxylic acids is 1. The van der Waals surface area contributed by atoms with E-state index in [1.807, 2.05) is 36.4 Å². The second kappa shape index (κ2) is 5.26. The van der Waals surface area contributed by atoms with E-state index in [0.29, 0.717) is 5.56 Å². The molecule has 0 unspecified atom stereocenters. The smallest absolute Gasteiger partial charge is 0.150 e. The average molecular weight is 222 g/mol. The molecule has 0 aliphatic rings. The highest BCUT2D eigenvalue weighted by atomic mass is 16.1. The highest BCUT2D eigenvalue weighted by Gasteiger charge is 1.90. The van der Waals surface area contributed by atoms with E-state index in [9.17, 15) is 4.79 Å². The summed E-state index contributed by atoms with van der Waals surface area (Å²) in [4.78, 5) is 10.5. The zero-order valence-corrected chi connectivity index (χ0v) is 9.76. The van der Waals surface area contributed by atoms with Crippen LogP contribution in [0, 0.1) is 6.92 Å². The van der Waals surface area contributed by atoms with Gasteiger partial charge in [0.1, 0.15) is 6.29 Å². The van der Waals surface area contributed by atoms with Gasteiger partial charge in [0.2, 0.25) is 0 Å². The van der Waals surface area contributed by atoms with Gasteiger partial charge in [0.15, 0.2) is 0 Å². The predicted molar refractivity (Wildman–Crippen MR) is 71.9 cm³/mol. The molecule has 0 fully saturated rings. The summed E-state index contributed by atoms with van der Waals surface area (Å²) in [5.41, 5.74) is 4.24. The molecule has 2 aromatic rings. The van der Waals surface area contributed by atoms with E-state index in [2.05, 4.69) is 31.2 Å². The Labute approximate surface area is 101 Å². The molecular formula is C16H14O. The van der Waals surface area contributed by atoms with Gasteiger partial charge in [-0.05, 0) is 18.1 Å². The summed E-state index contributed by atoms with van der Waals surface area (Å²) in [6.45, 7) is 2.08. The number of benzene rings is 2. The molecule has 0 saturated carbocycles. The minimum atomic E-state index is 0.706. The Morgan fingerprint density at radius 2 is 1.47 bits per heavy atom. The molecule has 1 nitrogen and oxygen atoms in total. The van der Waals surface area contributed by atoms with Crippen LogP contribution in [-0.2, 0) is 0 Å². The molecule has 0 aromatic heterocycles. The van der Waals surface area contributed by atoms with Crippen molar-refractivity contribution in [2.45, 2.75) is 6.92 Å². The maximum Gasteiger partial charge on any atom is 0.150 e. The first-order valence-electron chi connectivity index (χ1n) is 5.58. The lowest BCUT2D eigenvalue weighted by atomic mass is 10.1. The number of carbonyl (C=O) groups is 1. The van der Waals surface area contributed by atoms with Gasteiger partial charge >= 0.3 is 0 Å².